The van der Waals surface area contributed by atoms with E-state index in [1.54, 1.807) is 30.1 Å². The SMILES string of the molecule is Cn1ncc(Br)c1C(O)c1ccc(S(C)(=O)=O)cc1. The lowest BCUT2D eigenvalue weighted by atomic mass is 10.1. The number of hydrogen-bond donors (Lipinski definition) is 1. The molecule has 5 nitrogen and oxygen atoms in total. The van der Waals surface area contributed by atoms with Gasteiger partial charge < -0.3 is 5.11 Å². The minimum absolute atomic E-state index is 0.229. The molecule has 1 unspecified atom stereocenters. The molecule has 1 aromatic carbocycles. The lowest BCUT2D eigenvalue weighted by molar-refractivity contribution is 0.209. The van der Waals surface area contributed by atoms with Crippen molar-refractivity contribution in [2.75, 3.05) is 6.26 Å². The molecule has 19 heavy (non-hydrogen) atoms. The van der Waals surface area contributed by atoms with E-state index in [0.29, 0.717) is 15.7 Å². The third kappa shape index (κ3) is 2.88. The predicted molar refractivity (Wildman–Crippen MR) is 74.5 cm³/mol. The molecule has 1 N–H and O–H groups in total. The quantitative estimate of drug-likeness (QED) is 0.919. The standard InChI is InChI=1S/C12H13BrN2O3S/c1-15-11(10(13)7-14-15)12(16)8-3-5-9(6-4-8)19(2,17)18/h3-7,12,16H,1-2H3. The van der Waals surface area contributed by atoms with Crippen LogP contribution >= 0.6 is 15.9 Å². The second-order valence-corrected chi connectivity index (χ2v) is 7.12. The fraction of sp³-hybridized carbons (Fsp3) is 0.250. The van der Waals surface area contributed by atoms with E-state index >= 15 is 0 Å². The lowest BCUT2D eigenvalue weighted by Crippen LogP contribution is -2.07. The molecule has 0 aliphatic heterocycles. The Hall–Kier alpha value is -1.18. The van der Waals surface area contributed by atoms with E-state index in [1.165, 1.54) is 12.1 Å². The Morgan fingerprint density at radius 2 is 1.89 bits per heavy atom. The van der Waals surface area contributed by atoms with Gasteiger partial charge in [0, 0.05) is 13.3 Å². The Labute approximate surface area is 119 Å². The summed E-state index contributed by atoms with van der Waals surface area (Å²) < 4.78 is 25.0. The van der Waals surface area contributed by atoms with Gasteiger partial charge in [-0.1, -0.05) is 12.1 Å². The zero-order valence-corrected chi connectivity index (χ0v) is 12.8. The Morgan fingerprint density at radius 3 is 2.32 bits per heavy atom. The van der Waals surface area contributed by atoms with Crippen LogP contribution in [0.3, 0.4) is 0 Å². The van der Waals surface area contributed by atoms with Crippen LogP contribution in [0.15, 0.2) is 39.8 Å². The van der Waals surface area contributed by atoms with Gasteiger partial charge in [0.25, 0.3) is 0 Å². The van der Waals surface area contributed by atoms with Gasteiger partial charge in [-0.25, -0.2) is 8.42 Å². The van der Waals surface area contributed by atoms with Crippen molar-refractivity contribution in [3.63, 3.8) is 0 Å². The van der Waals surface area contributed by atoms with Gasteiger partial charge in [-0.15, -0.1) is 0 Å². The van der Waals surface area contributed by atoms with Crippen molar-refractivity contribution in [1.82, 2.24) is 9.78 Å². The van der Waals surface area contributed by atoms with Gasteiger partial charge >= 0.3 is 0 Å². The number of aliphatic hydroxyl groups is 1. The molecule has 0 saturated carbocycles. The minimum Gasteiger partial charge on any atom is -0.382 e. The first-order valence-electron chi connectivity index (χ1n) is 5.46. The second-order valence-electron chi connectivity index (χ2n) is 4.25. The van der Waals surface area contributed by atoms with Crippen molar-refractivity contribution >= 4 is 25.8 Å². The fourth-order valence-electron chi connectivity index (χ4n) is 1.78. The largest absolute Gasteiger partial charge is 0.382 e. The lowest BCUT2D eigenvalue weighted by Gasteiger charge is -2.12. The highest BCUT2D eigenvalue weighted by Crippen LogP contribution is 2.28. The van der Waals surface area contributed by atoms with Gasteiger partial charge in [-0.05, 0) is 33.6 Å². The van der Waals surface area contributed by atoms with Gasteiger partial charge in [0.15, 0.2) is 9.84 Å². The highest BCUT2D eigenvalue weighted by molar-refractivity contribution is 9.10. The molecule has 0 aliphatic carbocycles. The van der Waals surface area contributed by atoms with Crippen molar-refractivity contribution in [1.29, 1.82) is 0 Å². The first-order chi connectivity index (χ1) is 8.80. The van der Waals surface area contributed by atoms with E-state index in [9.17, 15) is 13.5 Å². The highest BCUT2D eigenvalue weighted by Gasteiger charge is 2.18. The Bertz CT molecular complexity index is 673. The topological polar surface area (TPSA) is 72.2 Å². The number of hydrogen-bond acceptors (Lipinski definition) is 4. The average molecular weight is 345 g/mol. The van der Waals surface area contributed by atoms with Crippen molar-refractivity contribution in [3.8, 4) is 0 Å². The Balaban J connectivity index is 2.38. The van der Waals surface area contributed by atoms with Crippen LogP contribution in [0.25, 0.3) is 0 Å². The highest BCUT2D eigenvalue weighted by atomic mass is 79.9. The summed E-state index contributed by atoms with van der Waals surface area (Å²) in [6.45, 7) is 0. The van der Waals surface area contributed by atoms with Crippen LogP contribution in [0.4, 0.5) is 0 Å². The van der Waals surface area contributed by atoms with Crippen molar-refractivity contribution in [2.24, 2.45) is 7.05 Å². The van der Waals surface area contributed by atoms with E-state index in [4.69, 9.17) is 0 Å². The molecule has 7 heteroatoms. The molecular weight excluding hydrogens is 332 g/mol. The van der Waals surface area contributed by atoms with Crippen LogP contribution in [-0.2, 0) is 16.9 Å². The third-order valence-corrected chi connectivity index (χ3v) is 4.56. The first-order valence-corrected chi connectivity index (χ1v) is 8.14. The van der Waals surface area contributed by atoms with Crippen molar-refractivity contribution in [2.45, 2.75) is 11.0 Å². The van der Waals surface area contributed by atoms with E-state index in [2.05, 4.69) is 21.0 Å². The summed E-state index contributed by atoms with van der Waals surface area (Å²) in [5.41, 5.74) is 1.23. The zero-order chi connectivity index (χ0) is 14.2. The minimum atomic E-state index is -3.22. The summed E-state index contributed by atoms with van der Waals surface area (Å²) in [6.07, 6.45) is 1.88. The van der Waals surface area contributed by atoms with Crippen LogP contribution in [0, 0.1) is 0 Å². The number of aromatic nitrogens is 2. The number of aryl methyl sites for hydroxylation is 1. The summed E-state index contributed by atoms with van der Waals surface area (Å²) in [6, 6.07) is 6.16. The van der Waals surface area contributed by atoms with Gasteiger partial charge in [0.05, 0.1) is 21.3 Å². The number of sulfone groups is 1. The maximum absolute atomic E-state index is 11.4. The number of nitrogens with zero attached hydrogens (tertiary/aromatic N) is 2. The van der Waals surface area contributed by atoms with Crippen LogP contribution in [0.2, 0.25) is 0 Å². The maximum atomic E-state index is 11.4. The normalized spacial score (nSPS) is 13.5. The molecule has 0 saturated heterocycles. The molecule has 0 aliphatic rings. The molecule has 0 spiro atoms. The number of benzene rings is 1. The van der Waals surface area contributed by atoms with Crippen LogP contribution in [0.1, 0.15) is 17.4 Å². The Kier molecular flexibility index (Phi) is 3.80. The summed E-state index contributed by atoms with van der Waals surface area (Å²) in [5, 5.41) is 14.3. The van der Waals surface area contributed by atoms with E-state index < -0.39 is 15.9 Å². The zero-order valence-electron chi connectivity index (χ0n) is 10.4. The summed E-state index contributed by atoms with van der Waals surface area (Å²) in [4.78, 5) is 0.229. The molecule has 2 rings (SSSR count). The van der Waals surface area contributed by atoms with E-state index in [-0.39, 0.29) is 4.90 Å². The van der Waals surface area contributed by atoms with Crippen molar-refractivity contribution < 1.29 is 13.5 Å². The van der Waals surface area contributed by atoms with Gasteiger partial charge in [-0.3, -0.25) is 4.68 Å². The maximum Gasteiger partial charge on any atom is 0.175 e. The fourth-order valence-corrected chi connectivity index (χ4v) is 2.98. The molecule has 0 fully saturated rings. The monoisotopic (exact) mass is 344 g/mol. The van der Waals surface area contributed by atoms with Gasteiger partial charge in [0.2, 0.25) is 0 Å². The Morgan fingerprint density at radius 1 is 1.32 bits per heavy atom. The van der Waals surface area contributed by atoms with E-state index in [1.807, 2.05) is 0 Å². The molecule has 1 aromatic heterocycles. The molecule has 1 atom stereocenters. The summed E-state index contributed by atoms with van der Waals surface area (Å²) >= 11 is 3.32. The van der Waals surface area contributed by atoms with Crippen molar-refractivity contribution in [3.05, 3.63) is 46.2 Å². The molecular formula is C12H13BrN2O3S. The van der Waals surface area contributed by atoms with Crippen LogP contribution in [0.5, 0.6) is 0 Å². The van der Waals surface area contributed by atoms with Gasteiger partial charge in [0.1, 0.15) is 6.10 Å². The summed E-state index contributed by atoms with van der Waals surface area (Å²) in [7, 11) is -1.49. The van der Waals surface area contributed by atoms with Gasteiger partial charge in [-0.2, -0.15) is 5.10 Å². The molecule has 0 radical (unpaired) electrons. The molecule has 0 amide bonds. The first kappa shape index (κ1) is 14.2. The molecule has 102 valence electrons. The van der Waals surface area contributed by atoms with Crippen LogP contribution in [-0.4, -0.2) is 29.6 Å². The summed E-state index contributed by atoms with van der Waals surface area (Å²) in [5.74, 6) is 0. The second kappa shape index (κ2) is 5.07. The van der Waals surface area contributed by atoms with E-state index in [0.717, 1.165) is 6.26 Å². The predicted octanol–water partition coefficient (Wildman–Crippen LogP) is 1.67. The van der Waals surface area contributed by atoms with Crippen LogP contribution < -0.4 is 0 Å². The number of halogens is 1. The molecule has 0 bridgehead atoms. The molecule has 1 heterocycles. The average Bonchev–Trinajstić information content (AvgIpc) is 2.67. The third-order valence-electron chi connectivity index (χ3n) is 2.82. The number of aliphatic hydroxyl groups excluding tert-OH is 1. The smallest absolute Gasteiger partial charge is 0.175 e. The number of rotatable bonds is 3. The molecule has 2 aromatic rings.